The Balaban J connectivity index is 1.56. The van der Waals surface area contributed by atoms with Crippen LogP contribution in [0.3, 0.4) is 0 Å². The average molecular weight is 318 g/mol. The van der Waals surface area contributed by atoms with Gasteiger partial charge in [0.05, 0.1) is 10.7 Å². The van der Waals surface area contributed by atoms with E-state index in [0.717, 1.165) is 56.0 Å². The first-order valence-corrected chi connectivity index (χ1v) is 8.58. The molecule has 0 amide bonds. The molecule has 0 spiro atoms. The number of nitrogens with zero attached hydrogens (tertiary/aromatic N) is 5. The van der Waals surface area contributed by atoms with Gasteiger partial charge in [-0.25, -0.2) is 9.97 Å². The molecule has 0 atom stereocenters. The molecule has 22 heavy (non-hydrogen) atoms. The lowest BCUT2D eigenvalue weighted by Crippen LogP contribution is -2.46. The molecular formula is C15H22N6S. The van der Waals surface area contributed by atoms with Crippen LogP contribution in [0.25, 0.3) is 0 Å². The van der Waals surface area contributed by atoms with Crippen molar-refractivity contribution in [1.29, 1.82) is 0 Å². The number of piperazine rings is 1. The van der Waals surface area contributed by atoms with E-state index < -0.39 is 0 Å². The Bertz CT molecular complexity index is 606. The maximum absolute atomic E-state index is 4.57. The summed E-state index contributed by atoms with van der Waals surface area (Å²) in [6.07, 6.45) is 1.82. The fourth-order valence-electron chi connectivity index (χ4n) is 2.60. The number of nitrogens with one attached hydrogen (secondary N) is 1. The van der Waals surface area contributed by atoms with Gasteiger partial charge in [0.2, 0.25) is 5.95 Å². The zero-order chi connectivity index (χ0) is 15.4. The van der Waals surface area contributed by atoms with E-state index >= 15 is 0 Å². The summed E-state index contributed by atoms with van der Waals surface area (Å²) < 4.78 is 0. The summed E-state index contributed by atoms with van der Waals surface area (Å²) in [5.74, 6) is 1.72. The highest BCUT2D eigenvalue weighted by Crippen LogP contribution is 2.16. The van der Waals surface area contributed by atoms with Crippen molar-refractivity contribution in [2.24, 2.45) is 0 Å². The van der Waals surface area contributed by atoms with Gasteiger partial charge in [0, 0.05) is 50.8 Å². The minimum absolute atomic E-state index is 0.822. The Hall–Kier alpha value is -1.73. The van der Waals surface area contributed by atoms with Crippen LogP contribution in [0.4, 0.5) is 11.8 Å². The number of rotatable bonds is 5. The molecule has 3 heterocycles. The molecule has 0 saturated carbocycles. The maximum atomic E-state index is 4.57. The van der Waals surface area contributed by atoms with Crippen molar-refractivity contribution in [1.82, 2.24) is 19.9 Å². The van der Waals surface area contributed by atoms with Gasteiger partial charge in [-0.2, -0.15) is 4.98 Å². The van der Waals surface area contributed by atoms with Gasteiger partial charge in [-0.1, -0.05) is 0 Å². The molecule has 1 aliphatic heterocycles. The van der Waals surface area contributed by atoms with Crippen molar-refractivity contribution in [3.63, 3.8) is 0 Å². The second-order valence-corrected chi connectivity index (χ2v) is 6.46. The van der Waals surface area contributed by atoms with E-state index in [1.807, 2.05) is 12.3 Å². The van der Waals surface area contributed by atoms with E-state index in [-0.39, 0.29) is 0 Å². The summed E-state index contributed by atoms with van der Waals surface area (Å²) in [7, 11) is 0. The molecule has 1 saturated heterocycles. The zero-order valence-electron chi connectivity index (χ0n) is 13.1. The van der Waals surface area contributed by atoms with Crippen molar-refractivity contribution < 1.29 is 0 Å². The number of aromatic nitrogens is 3. The Kier molecular flexibility index (Phi) is 4.84. The molecule has 2 aromatic rings. The summed E-state index contributed by atoms with van der Waals surface area (Å²) >= 11 is 1.72. The van der Waals surface area contributed by atoms with Gasteiger partial charge in [0.25, 0.3) is 0 Å². The van der Waals surface area contributed by atoms with Gasteiger partial charge < -0.3 is 10.2 Å². The fourth-order valence-corrected chi connectivity index (χ4v) is 3.20. The molecule has 0 aromatic carbocycles. The minimum Gasteiger partial charge on any atom is -0.370 e. The van der Waals surface area contributed by atoms with Gasteiger partial charge in [-0.15, -0.1) is 11.3 Å². The first kappa shape index (κ1) is 15.2. The standard InChI is InChI=1S/C15H22N6S/c1-3-16-14-4-5-17-15(19-14)21-8-6-20(7-9-21)10-13-11-22-12(2)18-13/h4-5,11H,3,6-10H2,1-2H3,(H,16,17,19). The first-order valence-electron chi connectivity index (χ1n) is 7.70. The third-order valence-corrected chi connectivity index (χ3v) is 4.53. The van der Waals surface area contributed by atoms with Crippen molar-refractivity contribution >= 4 is 23.1 Å². The maximum Gasteiger partial charge on any atom is 0.227 e. The quantitative estimate of drug-likeness (QED) is 0.910. The van der Waals surface area contributed by atoms with Crippen molar-refractivity contribution in [3.05, 3.63) is 28.3 Å². The lowest BCUT2D eigenvalue weighted by Gasteiger charge is -2.34. The van der Waals surface area contributed by atoms with Crippen LogP contribution in [0.15, 0.2) is 17.6 Å². The van der Waals surface area contributed by atoms with Crippen LogP contribution in [0.5, 0.6) is 0 Å². The number of aryl methyl sites for hydroxylation is 1. The number of thiazole rings is 1. The van der Waals surface area contributed by atoms with Crippen LogP contribution in [0.1, 0.15) is 17.6 Å². The normalized spacial score (nSPS) is 16.0. The molecule has 0 aliphatic carbocycles. The second-order valence-electron chi connectivity index (χ2n) is 5.39. The molecule has 7 heteroatoms. The van der Waals surface area contributed by atoms with Gasteiger partial charge in [-0.05, 0) is 19.9 Å². The van der Waals surface area contributed by atoms with Crippen molar-refractivity contribution in [3.8, 4) is 0 Å². The van der Waals surface area contributed by atoms with Crippen LogP contribution in [-0.2, 0) is 6.54 Å². The van der Waals surface area contributed by atoms with E-state index in [9.17, 15) is 0 Å². The van der Waals surface area contributed by atoms with Crippen LogP contribution in [-0.4, -0.2) is 52.6 Å². The molecule has 0 radical (unpaired) electrons. The van der Waals surface area contributed by atoms with Crippen molar-refractivity contribution in [2.75, 3.05) is 42.9 Å². The Morgan fingerprint density at radius 3 is 2.73 bits per heavy atom. The largest absolute Gasteiger partial charge is 0.370 e. The lowest BCUT2D eigenvalue weighted by atomic mass is 10.3. The van der Waals surface area contributed by atoms with Gasteiger partial charge in [0.1, 0.15) is 5.82 Å². The van der Waals surface area contributed by atoms with Gasteiger partial charge >= 0.3 is 0 Å². The topological polar surface area (TPSA) is 57.2 Å². The molecule has 3 rings (SSSR count). The fraction of sp³-hybridized carbons (Fsp3) is 0.533. The Labute approximate surface area is 135 Å². The highest BCUT2D eigenvalue weighted by atomic mass is 32.1. The smallest absolute Gasteiger partial charge is 0.227 e. The van der Waals surface area contributed by atoms with Crippen LogP contribution in [0, 0.1) is 6.92 Å². The second kappa shape index (κ2) is 7.02. The zero-order valence-corrected chi connectivity index (χ0v) is 13.9. The Morgan fingerprint density at radius 1 is 1.23 bits per heavy atom. The molecule has 1 fully saturated rings. The molecule has 118 valence electrons. The predicted octanol–water partition coefficient (Wildman–Crippen LogP) is 2.00. The van der Waals surface area contributed by atoms with E-state index in [2.05, 4.69) is 49.3 Å². The summed E-state index contributed by atoms with van der Waals surface area (Å²) in [6, 6.07) is 1.91. The number of hydrogen-bond donors (Lipinski definition) is 1. The predicted molar refractivity (Wildman–Crippen MR) is 90.5 cm³/mol. The monoisotopic (exact) mass is 318 g/mol. The molecule has 2 aromatic heterocycles. The van der Waals surface area contributed by atoms with Gasteiger partial charge in [0.15, 0.2) is 0 Å². The van der Waals surface area contributed by atoms with E-state index in [0.29, 0.717) is 0 Å². The highest BCUT2D eigenvalue weighted by Gasteiger charge is 2.19. The lowest BCUT2D eigenvalue weighted by molar-refractivity contribution is 0.246. The first-order chi connectivity index (χ1) is 10.7. The SMILES string of the molecule is CCNc1ccnc(N2CCN(Cc3csc(C)n3)CC2)n1. The highest BCUT2D eigenvalue weighted by molar-refractivity contribution is 7.09. The van der Waals surface area contributed by atoms with Gasteiger partial charge in [-0.3, -0.25) is 4.90 Å². The average Bonchev–Trinajstić information content (AvgIpc) is 2.94. The molecule has 1 aliphatic rings. The summed E-state index contributed by atoms with van der Waals surface area (Å²) in [6.45, 7) is 9.89. The summed E-state index contributed by atoms with van der Waals surface area (Å²) in [5.41, 5.74) is 1.18. The molecular weight excluding hydrogens is 296 g/mol. The van der Waals surface area contributed by atoms with E-state index in [4.69, 9.17) is 0 Å². The van der Waals surface area contributed by atoms with E-state index in [1.54, 1.807) is 11.3 Å². The van der Waals surface area contributed by atoms with Crippen LogP contribution >= 0.6 is 11.3 Å². The van der Waals surface area contributed by atoms with E-state index in [1.165, 1.54) is 5.69 Å². The number of hydrogen-bond acceptors (Lipinski definition) is 7. The third-order valence-electron chi connectivity index (χ3n) is 3.71. The molecule has 6 nitrogen and oxygen atoms in total. The van der Waals surface area contributed by atoms with Crippen LogP contribution in [0.2, 0.25) is 0 Å². The third kappa shape index (κ3) is 3.72. The molecule has 0 bridgehead atoms. The summed E-state index contributed by atoms with van der Waals surface area (Å²) in [5, 5.41) is 6.53. The molecule has 1 N–H and O–H groups in total. The Morgan fingerprint density at radius 2 is 2.05 bits per heavy atom. The van der Waals surface area contributed by atoms with Crippen LogP contribution < -0.4 is 10.2 Å². The minimum atomic E-state index is 0.822. The number of anilines is 2. The molecule has 0 unspecified atom stereocenters. The van der Waals surface area contributed by atoms with Crippen molar-refractivity contribution in [2.45, 2.75) is 20.4 Å². The summed E-state index contributed by atoms with van der Waals surface area (Å²) in [4.78, 5) is 18.2.